The van der Waals surface area contributed by atoms with E-state index in [9.17, 15) is 4.79 Å². The van der Waals surface area contributed by atoms with Gasteiger partial charge in [0.05, 0.1) is 5.52 Å². The van der Waals surface area contributed by atoms with Crippen molar-refractivity contribution < 1.29 is 4.79 Å². The van der Waals surface area contributed by atoms with E-state index in [0.717, 1.165) is 29.7 Å². The summed E-state index contributed by atoms with van der Waals surface area (Å²) < 4.78 is 0. The fourth-order valence-corrected chi connectivity index (χ4v) is 2.29. The van der Waals surface area contributed by atoms with E-state index in [1.54, 1.807) is 6.20 Å². The van der Waals surface area contributed by atoms with Gasteiger partial charge in [0.2, 0.25) is 5.91 Å². The van der Waals surface area contributed by atoms with Crippen LogP contribution >= 0.6 is 0 Å². The summed E-state index contributed by atoms with van der Waals surface area (Å²) in [6.07, 6.45) is 1.77. The van der Waals surface area contributed by atoms with Crippen molar-refractivity contribution in [3.63, 3.8) is 0 Å². The molecule has 4 nitrogen and oxygen atoms in total. The number of anilines is 1. The van der Waals surface area contributed by atoms with Gasteiger partial charge < -0.3 is 10.6 Å². The Hall–Kier alpha value is -1.94. The van der Waals surface area contributed by atoms with E-state index in [1.807, 2.05) is 37.3 Å². The van der Waals surface area contributed by atoms with E-state index in [4.69, 9.17) is 0 Å². The van der Waals surface area contributed by atoms with Crippen LogP contribution in [0.5, 0.6) is 0 Å². The molecule has 0 bridgehead atoms. The highest BCUT2D eigenvalue weighted by Crippen LogP contribution is 2.20. The van der Waals surface area contributed by atoms with E-state index in [2.05, 4.69) is 15.6 Å². The number of hydrogen-bond acceptors (Lipinski definition) is 3. The molecule has 0 saturated carbocycles. The largest absolute Gasteiger partial charge is 0.326 e. The van der Waals surface area contributed by atoms with Crippen LogP contribution in [0.4, 0.5) is 5.69 Å². The van der Waals surface area contributed by atoms with Crippen molar-refractivity contribution >= 4 is 22.5 Å². The number of aromatic nitrogens is 1. The molecule has 19 heavy (non-hydrogen) atoms. The molecule has 0 aliphatic carbocycles. The number of rotatable bonds is 3. The molecule has 1 atom stereocenters. The second kappa shape index (κ2) is 4.97. The molecular formula is C15H17N3O. The maximum absolute atomic E-state index is 12.1. The van der Waals surface area contributed by atoms with Crippen LogP contribution in [0, 0.1) is 11.8 Å². The molecule has 1 saturated heterocycles. The summed E-state index contributed by atoms with van der Waals surface area (Å²) in [4.78, 5) is 16.4. The first-order chi connectivity index (χ1) is 9.24. The van der Waals surface area contributed by atoms with Gasteiger partial charge in [-0.05, 0) is 43.3 Å². The monoisotopic (exact) mass is 255 g/mol. The Morgan fingerprint density at radius 3 is 3.00 bits per heavy atom. The van der Waals surface area contributed by atoms with Crippen molar-refractivity contribution in [2.45, 2.75) is 6.92 Å². The molecule has 1 aromatic carbocycles. The van der Waals surface area contributed by atoms with E-state index < -0.39 is 0 Å². The van der Waals surface area contributed by atoms with E-state index in [0.29, 0.717) is 5.92 Å². The number of fused-ring (bicyclic) bond motifs is 1. The standard InChI is InChI=1S/C15H17N3O/c1-10(12-8-16-9-12)15(19)18-13-4-5-14-11(7-13)3-2-6-17-14/h2-7,10,12,16H,8-9H2,1H3,(H,18,19). The number of pyridine rings is 1. The molecule has 2 aromatic rings. The Kier molecular flexibility index (Phi) is 3.17. The third-order valence-electron chi connectivity index (χ3n) is 3.80. The van der Waals surface area contributed by atoms with Crippen LogP contribution in [0.3, 0.4) is 0 Å². The second-order valence-corrected chi connectivity index (χ2v) is 5.11. The molecule has 2 N–H and O–H groups in total. The quantitative estimate of drug-likeness (QED) is 0.882. The number of carbonyl (C=O) groups excluding carboxylic acids is 1. The van der Waals surface area contributed by atoms with Gasteiger partial charge in [0.1, 0.15) is 0 Å². The van der Waals surface area contributed by atoms with Crippen molar-refractivity contribution in [3.05, 3.63) is 36.5 Å². The minimum atomic E-state index is 0.0471. The predicted molar refractivity (Wildman–Crippen MR) is 75.9 cm³/mol. The minimum Gasteiger partial charge on any atom is -0.326 e. The topological polar surface area (TPSA) is 54.0 Å². The number of benzene rings is 1. The Morgan fingerprint density at radius 1 is 1.42 bits per heavy atom. The van der Waals surface area contributed by atoms with Gasteiger partial charge in [-0.3, -0.25) is 9.78 Å². The molecule has 0 radical (unpaired) electrons. The zero-order valence-electron chi connectivity index (χ0n) is 10.9. The molecule has 4 heteroatoms. The summed E-state index contributed by atoms with van der Waals surface area (Å²) >= 11 is 0. The van der Waals surface area contributed by atoms with Crippen LogP contribution < -0.4 is 10.6 Å². The van der Waals surface area contributed by atoms with Crippen LogP contribution in [-0.4, -0.2) is 24.0 Å². The van der Waals surface area contributed by atoms with Gasteiger partial charge in [0.25, 0.3) is 0 Å². The Morgan fingerprint density at radius 2 is 2.26 bits per heavy atom. The molecule has 1 aromatic heterocycles. The summed E-state index contributed by atoms with van der Waals surface area (Å²) in [5, 5.41) is 7.23. The number of carbonyl (C=O) groups is 1. The Bertz CT molecular complexity index is 607. The molecule has 98 valence electrons. The van der Waals surface area contributed by atoms with Crippen molar-refractivity contribution in [1.82, 2.24) is 10.3 Å². The first kappa shape index (κ1) is 12.1. The molecule has 1 aliphatic rings. The third-order valence-corrected chi connectivity index (χ3v) is 3.80. The number of nitrogens with one attached hydrogen (secondary N) is 2. The van der Waals surface area contributed by atoms with Crippen LogP contribution in [-0.2, 0) is 4.79 Å². The van der Waals surface area contributed by atoms with Crippen LogP contribution in [0.15, 0.2) is 36.5 Å². The van der Waals surface area contributed by atoms with Crippen molar-refractivity contribution in [1.29, 1.82) is 0 Å². The summed E-state index contributed by atoms with van der Waals surface area (Å²) in [6.45, 7) is 3.87. The van der Waals surface area contributed by atoms with Crippen molar-refractivity contribution in [2.75, 3.05) is 18.4 Å². The maximum Gasteiger partial charge on any atom is 0.227 e. The van der Waals surface area contributed by atoms with Gasteiger partial charge in [0.15, 0.2) is 0 Å². The average Bonchev–Trinajstić information content (AvgIpc) is 2.36. The molecule has 3 rings (SSSR count). The summed E-state index contributed by atoms with van der Waals surface area (Å²) in [6, 6.07) is 9.69. The van der Waals surface area contributed by atoms with Crippen LogP contribution in [0.25, 0.3) is 10.9 Å². The lowest BCUT2D eigenvalue weighted by molar-refractivity contribution is -0.121. The lowest BCUT2D eigenvalue weighted by atomic mass is 9.88. The molecule has 1 aliphatic heterocycles. The average molecular weight is 255 g/mol. The third kappa shape index (κ3) is 2.44. The fraction of sp³-hybridized carbons (Fsp3) is 0.333. The summed E-state index contributed by atoms with van der Waals surface area (Å²) in [5.41, 5.74) is 1.78. The summed E-state index contributed by atoms with van der Waals surface area (Å²) in [5.74, 6) is 0.600. The molecule has 1 amide bonds. The highest BCUT2D eigenvalue weighted by atomic mass is 16.1. The highest BCUT2D eigenvalue weighted by Gasteiger charge is 2.28. The van der Waals surface area contributed by atoms with Crippen LogP contribution in [0.2, 0.25) is 0 Å². The lowest BCUT2D eigenvalue weighted by Gasteiger charge is -2.31. The molecule has 1 unspecified atom stereocenters. The second-order valence-electron chi connectivity index (χ2n) is 5.11. The minimum absolute atomic E-state index is 0.0471. The highest BCUT2D eigenvalue weighted by molar-refractivity contribution is 5.95. The van der Waals surface area contributed by atoms with Gasteiger partial charge in [-0.1, -0.05) is 13.0 Å². The number of hydrogen-bond donors (Lipinski definition) is 2. The summed E-state index contributed by atoms with van der Waals surface area (Å²) in [7, 11) is 0. The van der Waals surface area contributed by atoms with E-state index >= 15 is 0 Å². The van der Waals surface area contributed by atoms with Gasteiger partial charge in [0, 0.05) is 23.2 Å². The van der Waals surface area contributed by atoms with E-state index in [-0.39, 0.29) is 11.8 Å². The lowest BCUT2D eigenvalue weighted by Crippen LogP contribution is -2.48. The first-order valence-electron chi connectivity index (χ1n) is 6.60. The van der Waals surface area contributed by atoms with Crippen molar-refractivity contribution in [3.8, 4) is 0 Å². The predicted octanol–water partition coefficient (Wildman–Crippen LogP) is 2.03. The SMILES string of the molecule is CC(C(=O)Nc1ccc2ncccc2c1)C1CNC1. The molecule has 2 heterocycles. The smallest absolute Gasteiger partial charge is 0.227 e. The zero-order chi connectivity index (χ0) is 13.2. The van der Waals surface area contributed by atoms with Gasteiger partial charge >= 0.3 is 0 Å². The first-order valence-corrected chi connectivity index (χ1v) is 6.60. The molecular weight excluding hydrogens is 238 g/mol. The maximum atomic E-state index is 12.1. The normalized spacial score (nSPS) is 16.9. The van der Waals surface area contributed by atoms with E-state index in [1.165, 1.54) is 0 Å². The number of nitrogens with zero attached hydrogens (tertiary/aromatic N) is 1. The van der Waals surface area contributed by atoms with Gasteiger partial charge in [-0.25, -0.2) is 0 Å². The zero-order valence-corrected chi connectivity index (χ0v) is 10.9. The fourth-order valence-electron chi connectivity index (χ4n) is 2.29. The van der Waals surface area contributed by atoms with Gasteiger partial charge in [-0.15, -0.1) is 0 Å². The van der Waals surface area contributed by atoms with Crippen molar-refractivity contribution in [2.24, 2.45) is 11.8 Å². The molecule has 0 spiro atoms. The molecule has 1 fully saturated rings. The number of amides is 1. The van der Waals surface area contributed by atoms with Gasteiger partial charge in [-0.2, -0.15) is 0 Å². The van der Waals surface area contributed by atoms with Crippen LogP contribution in [0.1, 0.15) is 6.92 Å². The Balaban J connectivity index is 1.75. The Labute approximate surface area is 112 Å².